The molecule has 0 spiro atoms. The molecular weight excluding hydrogens is 313 g/mol. The molecule has 0 N–H and O–H groups in total. The molecule has 0 amide bonds. The number of anilines is 1. The lowest BCUT2D eigenvalue weighted by Gasteiger charge is -2.37. The maximum Gasteiger partial charge on any atom is 0.128 e. The van der Waals surface area contributed by atoms with Gasteiger partial charge in [-0.05, 0) is 48.6 Å². The molecule has 0 bridgehead atoms. The summed E-state index contributed by atoms with van der Waals surface area (Å²) in [6.45, 7) is 8.99. The number of nitrogens with zero attached hydrogens (tertiary/aromatic N) is 3. The molecule has 3 nitrogen and oxygen atoms in total. The van der Waals surface area contributed by atoms with E-state index >= 15 is 0 Å². The lowest BCUT2D eigenvalue weighted by molar-refractivity contribution is 0.209. The van der Waals surface area contributed by atoms with Crippen LogP contribution < -0.4 is 4.90 Å². The molecule has 1 aromatic heterocycles. The van der Waals surface area contributed by atoms with Crippen LogP contribution in [0.3, 0.4) is 0 Å². The van der Waals surface area contributed by atoms with Gasteiger partial charge >= 0.3 is 0 Å². The average Bonchev–Trinajstić information content (AvgIpc) is 2.30. The Labute approximate surface area is 111 Å². The minimum absolute atomic E-state index is 0.659. The van der Waals surface area contributed by atoms with E-state index in [1.165, 1.54) is 3.57 Å². The van der Waals surface area contributed by atoms with Crippen molar-refractivity contribution < 1.29 is 0 Å². The van der Waals surface area contributed by atoms with Crippen molar-refractivity contribution in [3.8, 4) is 0 Å². The topological polar surface area (TPSA) is 19.4 Å². The van der Waals surface area contributed by atoms with Gasteiger partial charge in [-0.2, -0.15) is 0 Å². The predicted octanol–water partition coefficient (Wildman–Crippen LogP) is 2.22. The van der Waals surface area contributed by atoms with Crippen LogP contribution >= 0.6 is 22.6 Å². The Morgan fingerprint density at radius 2 is 1.88 bits per heavy atom. The SMILES string of the molecule is CC(C)N1CCN(c2ccc(I)cn2)CC1. The number of hydrogen-bond acceptors (Lipinski definition) is 3. The van der Waals surface area contributed by atoms with Gasteiger partial charge in [-0.3, -0.25) is 4.90 Å². The van der Waals surface area contributed by atoms with Crippen LogP contribution in [0.25, 0.3) is 0 Å². The molecule has 4 heteroatoms. The number of rotatable bonds is 2. The van der Waals surface area contributed by atoms with Crippen LogP contribution in [0, 0.1) is 3.57 Å². The van der Waals surface area contributed by atoms with Crippen molar-refractivity contribution in [3.05, 3.63) is 21.9 Å². The first-order valence-corrected chi connectivity index (χ1v) is 6.85. The fourth-order valence-electron chi connectivity index (χ4n) is 2.02. The van der Waals surface area contributed by atoms with E-state index < -0.39 is 0 Å². The molecule has 2 rings (SSSR count). The molecule has 1 aliphatic rings. The summed E-state index contributed by atoms with van der Waals surface area (Å²) in [6.07, 6.45) is 1.94. The first-order valence-electron chi connectivity index (χ1n) is 5.77. The van der Waals surface area contributed by atoms with Crippen molar-refractivity contribution in [3.63, 3.8) is 0 Å². The molecule has 2 heterocycles. The molecular formula is C12H18IN3. The predicted molar refractivity (Wildman–Crippen MR) is 75.9 cm³/mol. The maximum atomic E-state index is 4.47. The fourth-order valence-corrected chi connectivity index (χ4v) is 2.34. The quantitative estimate of drug-likeness (QED) is 0.775. The fraction of sp³-hybridized carbons (Fsp3) is 0.583. The lowest BCUT2D eigenvalue weighted by Crippen LogP contribution is -2.49. The van der Waals surface area contributed by atoms with E-state index in [4.69, 9.17) is 0 Å². The zero-order valence-corrected chi connectivity index (χ0v) is 12.0. The molecule has 0 unspecified atom stereocenters. The first kappa shape index (κ1) is 12.1. The van der Waals surface area contributed by atoms with E-state index in [1.54, 1.807) is 0 Å². The summed E-state index contributed by atoms with van der Waals surface area (Å²) in [5.41, 5.74) is 0. The van der Waals surface area contributed by atoms with E-state index in [0.717, 1.165) is 32.0 Å². The van der Waals surface area contributed by atoms with Gasteiger partial charge in [0.05, 0.1) is 0 Å². The van der Waals surface area contributed by atoms with Crippen LogP contribution in [0.15, 0.2) is 18.3 Å². The molecule has 0 saturated carbocycles. The van der Waals surface area contributed by atoms with E-state index in [2.05, 4.69) is 63.4 Å². The third-order valence-corrected chi connectivity index (χ3v) is 3.72. The van der Waals surface area contributed by atoms with Crippen LogP contribution in [0.5, 0.6) is 0 Å². The third-order valence-electron chi connectivity index (χ3n) is 3.08. The Hall–Kier alpha value is -0.360. The van der Waals surface area contributed by atoms with Gasteiger partial charge in [-0.25, -0.2) is 4.98 Å². The van der Waals surface area contributed by atoms with Crippen LogP contribution in [0.4, 0.5) is 5.82 Å². The molecule has 0 radical (unpaired) electrons. The van der Waals surface area contributed by atoms with Gasteiger partial charge in [-0.1, -0.05) is 0 Å². The molecule has 0 aliphatic carbocycles. The number of piperazine rings is 1. The van der Waals surface area contributed by atoms with Crippen molar-refractivity contribution in [1.29, 1.82) is 0 Å². The molecule has 1 fully saturated rings. The van der Waals surface area contributed by atoms with E-state index in [0.29, 0.717) is 6.04 Å². The highest BCUT2D eigenvalue weighted by Crippen LogP contribution is 2.15. The Morgan fingerprint density at radius 1 is 1.19 bits per heavy atom. The van der Waals surface area contributed by atoms with Crippen molar-refractivity contribution in [2.45, 2.75) is 19.9 Å². The smallest absolute Gasteiger partial charge is 0.128 e. The van der Waals surface area contributed by atoms with E-state index in [9.17, 15) is 0 Å². The van der Waals surface area contributed by atoms with Crippen molar-refractivity contribution >= 4 is 28.4 Å². The van der Waals surface area contributed by atoms with Crippen LogP contribution in [-0.4, -0.2) is 42.1 Å². The molecule has 0 atom stereocenters. The van der Waals surface area contributed by atoms with E-state index in [-0.39, 0.29) is 0 Å². The second kappa shape index (κ2) is 5.31. The second-order valence-corrected chi connectivity index (χ2v) is 5.70. The molecule has 0 aromatic carbocycles. The van der Waals surface area contributed by atoms with Crippen LogP contribution in [0.1, 0.15) is 13.8 Å². The summed E-state index contributed by atoms with van der Waals surface area (Å²) in [4.78, 5) is 9.36. The van der Waals surface area contributed by atoms with Crippen LogP contribution in [-0.2, 0) is 0 Å². The van der Waals surface area contributed by atoms with Crippen molar-refractivity contribution in [2.24, 2.45) is 0 Å². The highest BCUT2D eigenvalue weighted by Gasteiger charge is 2.19. The van der Waals surface area contributed by atoms with Gasteiger partial charge in [0.1, 0.15) is 5.82 Å². The Morgan fingerprint density at radius 3 is 2.38 bits per heavy atom. The summed E-state index contributed by atoms with van der Waals surface area (Å²) in [5.74, 6) is 1.11. The lowest BCUT2D eigenvalue weighted by atomic mass is 10.2. The molecule has 88 valence electrons. The monoisotopic (exact) mass is 331 g/mol. The standard InChI is InChI=1S/C12H18IN3/c1-10(2)15-5-7-16(8-6-15)12-4-3-11(13)9-14-12/h3-4,9-10H,5-8H2,1-2H3. The molecule has 1 aliphatic heterocycles. The number of halogens is 1. The Balaban J connectivity index is 1.96. The minimum Gasteiger partial charge on any atom is -0.354 e. The van der Waals surface area contributed by atoms with Gasteiger partial charge in [0.25, 0.3) is 0 Å². The summed E-state index contributed by atoms with van der Waals surface area (Å²) in [7, 11) is 0. The van der Waals surface area contributed by atoms with Gasteiger partial charge in [0.2, 0.25) is 0 Å². The number of hydrogen-bond donors (Lipinski definition) is 0. The Bertz CT molecular complexity index is 329. The number of aromatic nitrogens is 1. The maximum absolute atomic E-state index is 4.47. The van der Waals surface area contributed by atoms with Crippen LogP contribution in [0.2, 0.25) is 0 Å². The summed E-state index contributed by atoms with van der Waals surface area (Å²) in [5, 5.41) is 0. The zero-order chi connectivity index (χ0) is 11.5. The summed E-state index contributed by atoms with van der Waals surface area (Å²) in [6, 6.07) is 4.90. The largest absolute Gasteiger partial charge is 0.354 e. The third kappa shape index (κ3) is 2.85. The van der Waals surface area contributed by atoms with E-state index in [1.807, 2.05) is 6.20 Å². The molecule has 1 aromatic rings. The normalized spacial score (nSPS) is 18.1. The average molecular weight is 331 g/mol. The van der Waals surface area contributed by atoms with Gasteiger partial charge < -0.3 is 4.90 Å². The second-order valence-electron chi connectivity index (χ2n) is 4.45. The summed E-state index contributed by atoms with van der Waals surface area (Å²) >= 11 is 2.29. The zero-order valence-electron chi connectivity index (χ0n) is 9.86. The molecule has 16 heavy (non-hydrogen) atoms. The minimum atomic E-state index is 0.659. The van der Waals surface area contributed by atoms with Gasteiger partial charge in [-0.15, -0.1) is 0 Å². The van der Waals surface area contributed by atoms with Gasteiger partial charge in [0, 0.05) is 42.0 Å². The summed E-state index contributed by atoms with van der Waals surface area (Å²) < 4.78 is 1.20. The molecule has 1 saturated heterocycles. The van der Waals surface area contributed by atoms with Gasteiger partial charge in [0.15, 0.2) is 0 Å². The van der Waals surface area contributed by atoms with Crippen molar-refractivity contribution in [2.75, 3.05) is 31.1 Å². The highest BCUT2D eigenvalue weighted by molar-refractivity contribution is 14.1. The Kier molecular flexibility index (Phi) is 4.02. The first-order chi connectivity index (χ1) is 7.66. The van der Waals surface area contributed by atoms with Crippen molar-refractivity contribution in [1.82, 2.24) is 9.88 Å². The number of pyridine rings is 1. The highest BCUT2D eigenvalue weighted by atomic mass is 127.